The van der Waals surface area contributed by atoms with E-state index in [4.69, 9.17) is 0 Å². The first kappa shape index (κ1) is 16.6. The average molecular weight is 328 g/mol. The van der Waals surface area contributed by atoms with Gasteiger partial charge in [0.15, 0.2) is 0 Å². The molecule has 1 aromatic carbocycles. The van der Waals surface area contributed by atoms with E-state index in [0.717, 1.165) is 31.7 Å². The fourth-order valence-corrected chi connectivity index (χ4v) is 3.17. The van der Waals surface area contributed by atoms with Crippen molar-refractivity contribution in [2.45, 2.75) is 26.8 Å². The molecule has 24 heavy (non-hydrogen) atoms. The van der Waals surface area contributed by atoms with E-state index in [-0.39, 0.29) is 23.4 Å². The minimum absolute atomic E-state index is 0.0126. The molecule has 1 unspecified atom stereocenters. The third-order valence-corrected chi connectivity index (χ3v) is 4.69. The number of fused-ring (bicyclic) bond motifs is 1. The number of nitrogens with one attached hydrogen (secondary N) is 1. The molecular formula is C18H24N4O2. The number of H-pyrrole nitrogens is 1. The predicted molar refractivity (Wildman–Crippen MR) is 93.8 cm³/mol. The molecule has 0 aliphatic carbocycles. The molecule has 1 fully saturated rings. The number of carbonyl (C=O) groups is 1. The van der Waals surface area contributed by atoms with E-state index in [9.17, 15) is 9.59 Å². The van der Waals surface area contributed by atoms with Crippen LogP contribution in [0.1, 0.15) is 32.6 Å². The van der Waals surface area contributed by atoms with Crippen molar-refractivity contribution < 1.29 is 4.79 Å². The van der Waals surface area contributed by atoms with Crippen LogP contribution in [0.3, 0.4) is 0 Å². The molecule has 2 aromatic rings. The lowest BCUT2D eigenvalue weighted by Gasteiger charge is -2.38. The Labute approximate surface area is 141 Å². The normalized spacial score (nSPS) is 17.4. The molecule has 1 atom stereocenters. The Hall–Kier alpha value is -2.21. The molecule has 1 aliphatic heterocycles. The van der Waals surface area contributed by atoms with E-state index in [1.807, 2.05) is 43.9 Å². The average Bonchev–Trinajstić information content (AvgIpc) is 2.60. The summed E-state index contributed by atoms with van der Waals surface area (Å²) in [7, 11) is 0. The van der Waals surface area contributed by atoms with Gasteiger partial charge in [-0.1, -0.05) is 26.0 Å². The van der Waals surface area contributed by atoms with Crippen LogP contribution in [0, 0.1) is 5.92 Å². The van der Waals surface area contributed by atoms with Gasteiger partial charge in [0, 0.05) is 32.1 Å². The SMILES string of the molecule is CC(C)C(=O)N1CCN(C(C)c2nc3ccccc3c(=O)[nH]2)CC1. The number of para-hydroxylation sites is 1. The smallest absolute Gasteiger partial charge is 0.258 e. The van der Waals surface area contributed by atoms with Crippen molar-refractivity contribution >= 4 is 16.8 Å². The third-order valence-electron chi connectivity index (χ3n) is 4.69. The summed E-state index contributed by atoms with van der Waals surface area (Å²) < 4.78 is 0. The first-order valence-electron chi connectivity index (χ1n) is 8.49. The number of aromatic nitrogens is 2. The first-order valence-corrected chi connectivity index (χ1v) is 8.49. The summed E-state index contributed by atoms with van der Waals surface area (Å²) in [5, 5.41) is 0.612. The third kappa shape index (κ3) is 3.19. The summed E-state index contributed by atoms with van der Waals surface area (Å²) in [6, 6.07) is 7.39. The molecule has 0 radical (unpaired) electrons. The summed E-state index contributed by atoms with van der Waals surface area (Å²) >= 11 is 0. The molecule has 2 heterocycles. The van der Waals surface area contributed by atoms with Gasteiger partial charge in [-0.25, -0.2) is 4.98 Å². The van der Waals surface area contributed by atoms with Gasteiger partial charge in [-0.2, -0.15) is 0 Å². The second-order valence-corrected chi connectivity index (χ2v) is 6.66. The van der Waals surface area contributed by atoms with Crippen LogP contribution in [0.5, 0.6) is 0 Å². The zero-order chi connectivity index (χ0) is 17.3. The summed E-state index contributed by atoms with van der Waals surface area (Å²) in [6.07, 6.45) is 0. The molecule has 1 aromatic heterocycles. The maximum absolute atomic E-state index is 12.2. The van der Waals surface area contributed by atoms with E-state index >= 15 is 0 Å². The lowest BCUT2D eigenvalue weighted by atomic mass is 10.1. The van der Waals surface area contributed by atoms with Gasteiger partial charge in [0.25, 0.3) is 5.56 Å². The Morgan fingerprint density at radius 3 is 2.46 bits per heavy atom. The highest BCUT2D eigenvalue weighted by atomic mass is 16.2. The highest BCUT2D eigenvalue weighted by Crippen LogP contribution is 2.20. The second-order valence-electron chi connectivity index (χ2n) is 6.66. The molecule has 1 aliphatic rings. The van der Waals surface area contributed by atoms with Crippen molar-refractivity contribution in [3.8, 4) is 0 Å². The number of nitrogens with zero attached hydrogens (tertiary/aromatic N) is 3. The second kappa shape index (κ2) is 6.73. The molecule has 1 saturated heterocycles. The van der Waals surface area contributed by atoms with Gasteiger partial charge in [0.1, 0.15) is 5.82 Å². The van der Waals surface area contributed by atoms with Crippen molar-refractivity contribution in [1.82, 2.24) is 19.8 Å². The van der Waals surface area contributed by atoms with Crippen LogP contribution in [0.2, 0.25) is 0 Å². The summed E-state index contributed by atoms with van der Waals surface area (Å²) in [5.74, 6) is 0.925. The van der Waals surface area contributed by atoms with E-state index in [2.05, 4.69) is 14.9 Å². The van der Waals surface area contributed by atoms with Crippen molar-refractivity contribution in [2.75, 3.05) is 26.2 Å². The van der Waals surface area contributed by atoms with E-state index in [1.54, 1.807) is 6.07 Å². The van der Waals surface area contributed by atoms with Crippen LogP contribution in [0.25, 0.3) is 10.9 Å². The van der Waals surface area contributed by atoms with Crippen molar-refractivity contribution in [3.63, 3.8) is 0 Å². The minimum Gasteiger partial charge on any atom is -0.340 e. The van der Waals surface area contributed by atoms with Gasteiger partial charge in [-0.05, 0) is 19.1 Å². The summed E-state index contributed by atoms with van der Waals surface area (Å²) in [5.41, 5.74) is 0.618. The van der Waals surface area contributed by atoms with Gasteiger partial charge in [0.2, 0.25) is 5.91 Å². The quantitative estimate of drug-likeness (QED) is 0.932. The van der Waals surface area contributed by atoms with Gasteiger partial charge < -0.3 is 9.88 Å². The van der Waals surface area contributed by atoms with E-state index < -0.39 is 0 Å². The predicted octanol–water partition coefficient (Wildman–Crippen LogP) is 1.78. The monoisotopic (exact) mass is 328 g/mol. The number of rotatable bonds is 3. The number of carbonyl (C=O) groups excluding carboxylic acids is 1. The first-order chi connectivity index (χ1) is 11.5. The number of hydrogen-bond donors (Lipinski definition) is 1. The standard InChI is InChI=1S/C18H24N4O2/c1-12(2)18(24)22-10-8-21(9-11-22)13(3)16-19-15-7-5-4-6-14(15)17(23)20-16/h4-7,12-13H,8-11H2,1-3H3,(H,19,20,23). The van der Waals surface area contributed by atoms with E-state index in [1.165, 1.54) is 0 Å². The van der Waals surface area contributed by atoms with Gasteiger partial charge in [0.05, 0.1) is 16.9 Å². The van der Waals surface area contributed by atoms with Gasteiger partial charge in [-0.3, -0.25) is 14.5 Å². The molecule has 0 saturated carbocycles. The van der Waals surface area contributed by atoms with Gasteiger partial charge >= 0.3 is 0 Å². The molecule has 1 N–H and O–H groups in total. The van der Waals surface area contributed by atoms with Crippen LogP contribution in [0.4, 0.5) is 0 Å². The molecule has 0 spiro atoms. The van der Waals surface area contributed by atoms with Crippen molar-refractivity contribution in [2.24, 2.45) is 5.92 Å². The molecule has 128 valence electrons. The Kier molecular flexibility index (Phi) is 4.66. The van der Waals surface area contributed by atoms with Gasteiger partial charge in [-0.15, -0.1) is 0 Å². The minimum atomic E-state index is -0.101. The molecule has 1 amide bonds. The number of piperazine rings is 1. The zero-order valence-electron chi connectivity index (χ0n) is 14.5. The maximum Gasteiger partial charge on any atom is 0.258 e. The highest BCUT2D eigenvalue weighted by Gasteiger charge is 2.26. The molecule has 6 nitrogen and oxygen atoms in total. The lowest BCUT2D eigenvalue weighted by molar-refractivity contribution is -0.136. The Balaban J connectivity index is 1.75. The summed E-state index contributed by atoms with van der Waals surface area (Å²) in [6.45, 7) is 8.93. The van der Waals surface area contributed by atoms with Crippen molar-refractivity contribution in [3.05, 3.63) is 40.4 Å². The number of aromatic amines is 1. The fraction of sp³-hybridized carbons (Fsp3) is 0.500. The van der Waals surface area contributed by atoms with Crippen LogP contribution < -0.4 is 5.56 Å². The Morgan fingerprint density at radius 2 is 1.79 bits per heavy atom. The Bertz CT molecular complexity index is 791. The maximum atomic E-state index is 12.2. The zero-order valence-corrected chi connectivity index (χ0v) is 14.5. The molecule has 6 heteroatoms. The summed E-state index contributed by atoms with van der Waals surface area (Å²) in [4.78, 5) is 36.0. The molecule has 3 rings (SSSR count). The number of hydrogen-bond acceptors (Lipinski definition) is 4. The molecular weight excluding hydrogens is 304 g/mol. The van der Waals surface area contributed by atoms with Crippen LogP contribution in [-0.4, -0.2) is 51.9 Å². The van der Waals surface area contributed by atoms with Crippen LogP contribution in [-0.2, 0) is 4.79 Å². The molecule has 0 bridgehead atoms. The fourth-order valence-electron chi connectivity index (χ4n) is 3.17. The van der Waals surface area contributed by atoms with Crippen LogP contribution >= 0.6 is 0 Å². The largest absolute Gasteiger partial charge is 0.340 e. The van der Waals surface area contributed by atoms with Crippen LogP contribution in [0.15, 0.2) is 29.1 Å². The van der Waals surface area contributed by atoms with E-state index in [0.29, 0.717) is 11.2 Å². The Morgan fingerprint density at radius 1 is 1.12 bits per heavy atom. The number of amides is 1. The highest BCUT2D eigenvalue weighted by molar-refractivity contribution is 5.78. The topological polar surface area (TPSA) is 69.3 Å². The van der Waals surface area contributed by atoms with Crippen molar-refractivity contribution in [1.29, 1.82) is 0 Å². The number of benzene rings is 1. The lowest BCUT2D eigenvalue weighted by Crippen LogP contribution is -2.50.